The van der Waals surface area contributed by atoms with Gasteiger partial charge in [-0.05, 0) is 46.9 Å². The van der Waals surface area contributed by atoms with Crippen LogP contribution in [-0.4, -0.2) is 28.8 Å². The standard InChI is InChI=1S/C13H21BrN2O/c1-10(2)6-16-9-13(3,17)5-11-4-12(14)8-15-7-11/h4,7-8,10,16-17H,5-6,9H2,1-3H3. The van der Waals surface area contributed by atoms with Crippen LogP contribution in [0.4, 0.5) is 0 Å². The second kappa shape index (κ2) is 6.47. The summed E-state index contributed by atoms with van der Waals surface area (Å²) < 4.78 is 0.945. The Labute approximate surface area is 112 Å². The number of halogens is 1. The normalized spacial score (nSPS) is 14.9. The number of hydrogen-bond donors (Lipinski definition) is 2. The highest BCUT2D eigenvalue weighted by Gasteiger charge is 2.20. The van der Waals surface area contributed by atoms with Crippen molar-refractivity contribution in [1.82, 2.24) is 10.3 Å². The van der Waals surface area contributed by atoms with Crippen LogP contribution in [0.15, 0.2) is 22.9 Å². The minimum Gasteiger partial charge on any atom is -0.389 e. The number of hydrogen-bond acceptors (Lipinski definition) is 3. The first-order valence-electron chi connectivity index (χ1n) is 5.91. The third kappa shape index (κ3) is 6.15. The zero-order chi connectivity index (χ0) is 12.9. The summed E-state index contributed by atoms with van der Waals surface area (Å²) in [6.07, 6.45) is 4.14. The van der Waals surface area contributed by atoms with Crippen LogP contribution >= 0.6 is 15.9 Å². The van der Waals surface area contributed by atoms with E-state index in [1.807, 2.05) is 13.0 Å². The van der Waals surface area contributed by atoms with Crippen LogP contribution in [0, 0.1) is 5.92 Å². The minimum absolute atomic E-state index is 0.595. The molecule has 0 aliphatic carbocycles. The van der Waals surface area contributed by atoms with Crippen molar-refractivity contribution in [2.24, 2.45) is 5.92 Å². The largest absolute Gasteiger partial charge is 0.389 e. The first-order valence-corrected chi connectivity index (χ1v) is 6.71. The van der Waals surface area contributed by atoms with E-state index in [2.05, 4.69) is 40.1 Å². The first-order chi connectivity index (χ1) is 7.89. The summed E-state index contributed by atoms with van der Waals surface area (Å²) in [5.41, 5.74) is 0.299. The Morgan fingerprint density at radius 3 is 2.76 bits per heavy atom. The fourth-order valence-corrected chi connectivity index (χ4v) is 2.10. The van der Waals surface area contributed by atoms with Gasteiger partial charge in [-0.3, -0.25) is 4.98 Å². The van der Waals surface area contributed by atoms with Gasteiger partial charge in [0.15, 0.2) is 0 Å². The van der Waals surface area contributed by atoms with Crippen molar-refractivity contribution in [3.8, 4) is 0 Å². The quantitative estimate of drug-likeness (QED) is 0.848. The van der Waals surface area contributed by atoms with Gasteiger partial charge in [0, 0.05) is 29.8 Å². The van der Waals surface area contributed by atoms with Crippen molar-refractivity contribution in [3.63, 3.8) is 0 Å². The molecule has 4 heteroatoms. The summed E-state index contributed by atoms with van der Waals surface area (Å²) >= 11 is 3.38. The second-order valence-electron chi connectivity index (χ2n) is 5.21. The van der Waals surface area contributed by atoms with Crippen LogP contribution in [0.25, 0.3) is 0 Å². The van der Waals surface area contributed by atoms with E-state index in [0.29, 0.717) is 18.9 Å². The van der Waals surface area contributed by atoms with Gasteiger partial charge in [-0.2, -0.15) is 0 Å². The molecule has 0 saturated carbocycles. The number of nitrogens with zero attached hydrogens (tertiary/aromatic N) is 1. The predicted octanol–water partition coefficient (Wildman–Crippen LogP) is 2.38. The van der Waals surface area contributed by atoms with E-state index in [9.17, 15) is 5.11 Å². The average Bonchev–Trinajstić information content (AvgIpc) is 2.15. The lowest BCUT2D eigenvalue weighted by Gasteiger charge is -2.24. The van der Waals surface area contributed by atoms with Crippen molar-refractivity contribution < 1.29 is 5.11 Å². The lowest BCUT2D eigenvalue weighted by atomic mass is 9.97. The average molecular weight is 301 g/mol. The maximum atomic E-state index is 10.3. The topological polar surface area (TPSA) is 45.1 Å². The van der Waals surface area contributed by atoms with E-state index in [4.69, 9.17) is 0 Å². The Morgan fingerprint density at radius 1 is 1.47 bits per heavy atom. The summed E-state index contributed by atoms with van der Waals surface area (Å²) in [6.45, 7) is 7.67. The molecular weight excluding hydrogens is 280 g/mol. The monoisotopic (exact) mass is 300 g/mol. The molecule has 0 aliphatic rings. The molecule has 1 aromatic rings. The van der Waals surface area contributed by atoms with E-state index in [1.165, 1.54) is 0 Å². The maximum Gasteiger partial charge on any atom is 0.0784 e. The second-order valence-corrected chi connectivity index (χ2v) is 6.13. The number of rotatable bonds is 6. The van der Waals surface area contributed by atoms with Gasteiger partial charge in [-0.1, -0.05) is 13.8 Å². The molecule has 0 aliphatic heterocycles. The van der Waals surface area contributed by atoms with E-state index in [1.54, 1.807) is 12.4 Å². The molecule has 0 bridgehead atoms. The van der Waals surface area contributed by atoms with E-state index < -0.39 is 5.60 Å². The van der Waals surface area contributed by atoms with Gasteiger partial charge in [-0.25, -0.2) is 0 Å². The Kier molecular flexibility index (Phi) is 5.56. The molecule has 1 unspecified atom stereocenters. The molecule has 1 rings (SSSR count). The Balaban J connectivity index is 2.48. The molecular formula is C13H21BrN2O. The Hall–Kier alpha value is -0.450. The molecule has 1 atom stereocenters. The number of pyridine rings is 1. The molecule has 1 aromatic heterocycles. The van der Waals surface area contributed by atoms with Crippen molar-refractivity contribution in [1.29, 1.82) is 0 Å². The Morgan fingerprint density at radius 2 is 2.18 bits per heavy atom. The van der Waals surface area contributed by atoms with Gasteiger partial charge in [0.2, 0.25) is 0 Å². The summed E-state index contributed by atoms with van der Waals surface area (Å²) in [5, 5.41) is 13.5. The number of aromatic nitrogens is 1. The molecule has 96 valence electrons. The lowest BCUT2D eigenvalue weighted by Crippen LogP contribution is -2.40. The van der Waals surface area contributed by atoms with Crippen molar-refractivity contribution in [2.45, 2.75) is 32.8 Å². The van der Waals surface area contributed by atoms with Gasteiger partial charge in [0.1, 0.15) is 0 Å². The first kappa shape index (κ1) is 14.6. The summed E-state index contributed by atoms with van der Waals surface area (Å²) in [6, 6.07) is 1.99. The third-order valence-corrected chi connectivity index (χ3v) is 2.84. The smallest absolute Gasteiger partial charge is 0.0784 e. The minimum atomic E-state index is -0.739. The fourth-order valence-electron chi connectivity index (χ4n) is 1.68. The fraction of sp³-hybridized carbons (Fsp3) is 0.615. The maximum absolute atomic E-state index is 10.3. The van der Waals surface area contributed by atoms with Gasteiger partial charge < -0.3 is 10.4 Å². The van der Waals surface area contributed by atoms with Crippen LogP contribution in [0.1, 0.15) is 26.3 Å². The summed E-state index contributed by atoms with van der Waals surface area (Å²) in [4.78, 5) is 4.10. The van der Waals surface area contributed by atoms with E-state index in [0.717, 1.165) is 16.6 Å². The van der Waals surface area contributed by atoms with Crippen LogP contribution in [0.5, 0.6) is 0 Å². The molecule has 0 amide bonds. The van der Waals surface area contributed by atoms with E-state index >= 15 is 0 Å². The highest BCUT2D eigenvalue weighted by molar-refractivity contribution is 9.10. The van der Waals surface area contributed by atoms with Crippen LogP contribution < -0.4 is 5.32 Å². The molecule has 17 heavy (non-hydrogen) atoms. The van der Waals surface area contributed by atoms with Crippen LogP contribution in [0.2, 0.25) is 0 Å². The summed E-state index contributed by atoms with van der Waals surface area (Å²) in [5.74, 6) is 0.596. The highest BCUT2D eigenvalue weighted by atomic mass is 79.9. The predicted molar refractivity (Wildman–Crippen MR) is 74.0 cm³/mol. The molecule has 0 radical (unpaired) electrons. The zero-order valence-corrected chi connectivity index (χ0v) is 12.3. The molecule has 0 aromatic carbocycles. The highest BCUT2D eigenvalue weighted by Crippen LogP contribution is 2.15. The molecule has 0 saturated heterocycles. The van der Waals surface area contributed by atoms with Gasteiger partial charge in [0.05, 0.1) is 5.60 Å². The van der Waals surface area contributed by atoms with Crippen LogP contribution in [0.3, 0.4) is 0 Å². The van der Waals surface area contributed by atoms with Crippen molar-refractivity contribution in [2.75, 3.05) is 13.1 Å². The molecule has 0 spiro atoms. The number of aliphatic hydroxyl groups is 1. The van der Waals surface area contributed by atoms with Gasteiger partial charge in [-0.15, -0.1) is 0 Å². The lowest BCUT2D eigenvalue weighted by molar-refractivity contribution is 0.0595. The van der Waals surface area contributed by atoms with Gasteiger partial charge >= 0.3 is 0 Å². The zero-order valence-electron chi connectivity index (χ0n) is 10.7. The third-order valence-electron chi connectivity index (χ3n) is 2.40. The SMILES string of the molecule is CC(C)CNCC(C)(O)Cc1cncc(Br)c1. The molecule has 1 heterocycles. The molecule has 2 N–H and O–H groups in total. The van der Waals surface area contributed by atoms with Crippen LogP contribution in [-0.2, 0) is 6.42 Å². The molecule has 3 nitrogen and oxygen atoms in total. The van der Waals surface area contributed by atoms with Crippen molar-refractivity contribution in [3.05, 3.63) is 28.5 Å². The summed E-state index contributed by atoms with van der Waals surface area (Å²) in [7, 11) is 0. The Bertz CT molecular complexity index is 353. The van der Waals surface area contributed by atoms with Crippen molar-refractivity contribution >= 4 is 15.9 Å². The van der Waals surface area contributed by atoms with Gasteiger partial charge in [0.25, 0.3) is 0 Å². The molecule has 0 fully saturated rings. The van der Waals surface area contributed by atoms with E-state index in [-0.39, 0.29) is 0 Å². The number of nitrogens with one attached hydrogen (secondary N) is 1.